The van der Waals surface area contributed by atoms with Crippen molar-refractivity contribution in [2.24, 2.45) is 5.92 Å². The summed E-state index contributed by atoms with van der Waals surface area (Å²) < 4.78 is 0. The van der Waals surface area contributed by atoms with E-state index in [1.54, 1.807) is 0 Å². The van der Waals surface area contributed by atoms with Gasteiger partial charge in [-0.25, -0.2) is 0 Å². The Morgan fingerprint density at radius 3 is 2.53 bits per heavy atom. The van der Waals surface area contributed by atoms with Crippen molar-refractivity contribution >= 4 is 0 Å². The van der Waals surface area contributed by atoms with Gasteiger partial charge in [0.2, 0.25) is 0 Å². The molecule has 2 heteroatoms. The van der Waals surface area contributed by atoms with Gasteiger partial charge in [-0.05, 0) is 58.4 Å². The molecule has 2 aliphatic rings. The Hall–Kier alpha value is -0.0800. The van der Waals surface area contributed by atoms with E-state index in [1.807, 2.05) is 0 Å². The first-order valence-electron chi connectivity index (χ1n) is 6.75. The third kappa shape index (κ3) is 3.18. The van der Waals surface area contributed by atoms with Gasteiger partial charge in [-0.15, -0.1) is 0 Å². The third-order valence-electron chi connectivity index (χ3n) is 4.20. The number of hydrogen-bond donors (Lipinski definition) is 2. The van der Waals surface area contributed by atoms with Crippen molar-refractivity contribution in [3.05, 3.63) is 0 Å². The molecular formula is C13H26N2. The maximum atomic E-state index is 3.77. The lowest BCUT2D eigenvalue weighted by molar-refractivity contribution is 0.224. The van der Waals surface area contributed by atoms with Crippen LogP contribution in [-0.4, -0.2) is 24.7 Å². The first-order valence-corrected chi connectivity index (χ1v) is 6.75. The van der Waals surface area contributed by atoms with Gasteiger partial charge in [0.05, 0.1) is 0 Å². The van der Waals surface area contributed by atoms with E-state index >= 15 is 0 Å². The van der Waals surface area contributed by atoms with Crippen LogP contribution in [0.5, 0.6) is 0 Å². The summed E-state index contributed by atoms with van der Waals surface area (Å²) in [7, 11) is 0. The van der Waals surface area contributed by atoms with Gasteiger partial charge in [0.1, 0.15) is 0 Å². The molecule has 0 radical (unpaired) electrons. The monoisotopic (exact) mass is 210 g/mol. The van der Waals surface area contributed by atoms with Crippen molar-refractivity contribution in [2.45, 2.75) is 70.5 Å². The Kier molecular flexibility index (Phi) is 4.04. The van der Waals surface area contributed by atoms with E-state index in [4.69, 9.17) is 0 Å². The minimum atomic E-state index is 0.677. The van der Waals surface area contributed by atoms with Crippen LogP contribution in [0.2, 0.25) is 0 Å². The zero-order valence-electron chi connectivity index (χ0n) is 10.3. The molecule has 0 amide bonds. The minimum Gasteiger partial charge on any atom is -0.314 e. The standard InChI is InChI=1S/C13H26N2/c1-10(9-13-7-4-8-14-13)15-11(2)12-5-3-6-12/h10-15H,3-9H2,1-2H3. The average Bonchev–Trinajstić information content (AvgIpc) is 2.52. The van der Waals surface area contributed by atoms with E-state index in [1.165, 1.54) is 45.1 Å². The molecule has 2 fully saturated rings. The second-order valence-electron chi connectivity index (χ2n) is 5.58. The van der Waals surface area contributed by atoms with Gasteiger partial charge in [0, 0.05) is 18.1 Å². The van der Waals surface area contributed by atoms with E-state index in [0.717, 1.165) is 18.0 Å². The number of hydrogen-bond acceptors (Lipinski definition) is 2. The van der Waals surface area contributed by atoms with Gasteiger partial charge in [-0.1, -0.05) is 6.42 Å². The molecular weight excluding hydrogens is 184 g/mol. The van der Waals surface area contributed by atoms with E-state index < -0.39 is 0 Å². The minimum absolute atomic E-state index is 0.677. The van der Waals surface area contributed by atoms with Gasteiger partial charge >= 0.3 is 0 Å². The van der Waals surface area contributed by atoms with Crippen LogP contribution in [0.15, 0.2) is 0 Å². The van der Waals surface area contributed by atoms with Gasteiger partial charge in [-0.3, -0.25) is 0 Å². The molecule has 2 rings (SSSR count). The molecule has 3 atom stereocenters. The summed E-state index contributed by atoms with van der Waals surface area (Å²) in [6.45, 7) is 5.94. The van der Waals surface area contributed by atoms with E-state index in [2.05, 4.69) is 24.5 Å². The molecule has 88 valence electrons. The maximum Gasteiger partial charge on any atom is 0.00822 e. The molecule has 1 saturated carbocycles. The van der Waals surface area contributed by atoms with Crippen LogP contribution >= 0.6 is 0 Å². The molecule has 1 heterocycles. The van der Waals surface area contributed by atoms with Crippen LogP contribution < -0.4 is 10.6 Å². The fourth-order valence-corrected chi connectivity index (χ4v) is 2.98. The maximum absolute atomic E-state index is 3.77. The van der Waals surface area contributed by atoms with E-state index in [0.29, 0.717) is 6.04 Å². The summed E-state index contributed by atoms with van der Waals surface area (Å²) in [5.74, 6) is 0.962. The van der Waals surface area contributed by atoms with Crippen LogP contribution in [0, 0.1) is 5.92 Å². The fourth-order valence-electron chi connectivity index (χ4n) is 2.98. The first-order chi connectivity index (χ1) is 7.25. The predicted molar refractivity (Wildman–Crippen MR) is 65.0 cm³/mol. The number of nitrogens with one attached hydrogen (secondary N) is 2. The molecule has 0 aromatic rings. The summed E-state index contributed by atoms with van der Waals surface area (Å²) in [5, 5.41) is 7.35. The van der Waals surface area contributed by atoms with Gasteiger partial charge in [-0.2, -0.15) is 0 Å². The van der Waals surface area contributed by atoms with E-state index in [-0.39, 0.29) is 0 Å². The quantitative estimate of drug-likeness (QED) is 0.727. The van der Waals surface area contributed by atoms with Crippen LogP contribution in [0.1, 0.15) is 52.4 Å². The summed E-state index contributed by atoms with van der Waals surface area (Å²) in [6, 6.07) is 2.19. The summed E-state index contributed by atoms with van der Waals surface area (Å²) in [5.41, 5.74) is 0. The lowest BCUT2D eigenvalue weighted by Crippen LogP contribution is -2.44. The normalized spacial score (nSPS) is 31.2. The highest BCUT2D eigenvalue weighted by atomic mass is 15.0. The molecule has 2 N–H and O–H groups in total. The highest BCUT2D eigenvalue weighted by Gasteiger charge is 2.25. The largest absolute Gasteiger partial charge is 0.314 e. The topological polar surface area (TPSA) is 24.1 Å². The lowest BCUT2D eigenvalue weighted by Gasteiger charge is -2.34. The lowest BCUT2D eigenvalue weighted by atomic mass is 9.80. The molecule has 0 spiro atoms. The molecule has 0 aromatic heterocycles. The number of rotatable bonds is 5. The van der Waals surface area contributed by atoms with Crippen molar-refractivity contribution in [3.8, 4) is 0 Å². The Balaban J connectivity index is 1.64. The summed E-state index contributed by atoms with van der Waals surface area (Å²) >= 11 is 0. The Morgan fingerprint density at radius 2 is 2.00 bits per heavy atom. The summed E-state index contributed by atoms with van der Waals surface area (Å²) in [4.78, 5) is 0. The van der Waals surface area contributed by atoms with Crippen molar-refractivity contribution < 1.29 is 0 Å². The highest BCUT2D eigenvalue weighted by molar-refractivity contribution is 4.84. The molecule has 1 aliphatic carbocycles. The zero-order chi connectivity index (χ0) is 10.7. The smallest absolute Gasteiger partial charge is 0.00822 e. The second-order valence-corrected chi connectivity index (χ2v) is 5.58. The van der Waals surface area contributed by atoms with Crippen molar-refractivity contribution in [3.63, 3.8) is 0 Å². The van der Waals surface area contributed by atoms with Gasteiger partial charge < -0.3 is 10.6 Å². The second kappa shape index (κ2) is 5.31. The first kappa shape index (κ1) is 11.4. The van der Waals surface area contributed by atoms with Crippen molar-refractivity contribution in [2.75, 3.05) is 6.54 Å². The average molecular weight is 210 g/mol. The van der Waals surface area contributed by atoms with Crippen LogP contribution in [0.25, 0.3) is 0 Å². The zero-order valence-corrected chi connectivity index (χ0v) is 10.3. The molecule has 1 saturated heterocycles. The molecule has 1 aliphatic heterocycles. The Bertz CT molecular complexity index is 183. The van der Waals surface area contributed by atoms with E-state index in [9.17, 15) is 0 Å². The SMILES string of the molecule is CC(CC1CCCN1)NC(C)C1CCC1. The summed E-state index contributed by atoms with van der Waals surface area (Å²) in [6.07, 6.45) is 8.40. The molecule has 3 unspecified atom stereocenters. The van der Waals surface area contributed by atoms with Crippen LogP contribution in [0.3, 0.4) is 0 Å². The van der Waals surface area contributed by atoms with Gasteiger partial charge in [0.15, 0.2) is 0 Å². The van der Waals surface area contributed by atoms with Crippen molar-refractivity contribution in [1.82, 2.24) is 10.6 Å². The Morgan fingerprint density at radius 1 is 1.20 bits per heavy atom. The van der Waals surface area contributed by atoms with Crippen LogP contribution in [-0.2, 0) is 0 Å². The van der Waals surface area contributed by atoms with Gasteiger partial charge in [0.25, 0.3) is 0 Å². The molecule has 15 heavy (non-hydrogen) atoms. The highest BCUT2D eigenvalue weighted by Crippen LogP contribution is 2.29. The molecule has 0 bridgehead atoms. The fraction of sp³-hybridized carbons (Fsp3) is 1.00. The molecule has 2 nitrogen and oxygen atoms in total. The molecule has 0 aromatic carbocycles. The van der Waals surface area contributed by atoms with Crippen LogP contribution in [0.4, 0.5) is 0 Å². The van der Waals surface area contributed by atoms with Crippen molar-refractivity contribution in [1.29, 1.82) is 0 Å². The Labute approximate surface area is 94.2 Å². The third-order valence-corrected chi connectivity index (χ3v) is 4.20. The predicted octanol–water partition coefficient (Wildman–Crippen LogP) is 2.30.